The highest BCUT2D eigenvalue weighted by Crippen LogP contribution is 2.23. The Balaban J connectivity index is 1.76. The smallest absolute Gasteiger partial charge is 0.255 e. The molecule has 2 aromatic rings. The van der Waals surface area contributed by atoms with Crippen molar-refractivity contribution in [2.24, 2.45) is 0 Å². The first kappa shape index (κ1) is 24.6. The van der Waals surface area contributed by atoms with Gasteiger partial charge in [-0.1, -0.05) is 25.0 Å². The lowest BCUT2D eigenvalue weighted by Gasteiger charge is -2.24. The van der Waals surface area contributed by atoms with Crippen molar-refractivity contribution in [3.05, 3.63) is 54.1 Å². The summed E-state index contributed by atoms with van der Waals surface area (Å²) in [6, 6.07) is 13.3. The van der Waals surface area contributed by atoms with Gasteiger partial charge in [0.05, 0.1) is 29.8 Å². The highest BCUT2D eigenvalue weighted by Gasteiger charge is 2.24. The van der Waals surface area contributed by atoms with Gasteiger partial charge in [-0.3, -0.25) is 13.9 Å². The first-order valence-electron chi connectivity index (χ1n) is 11.2. The fraction of sp³-hybridized carbons (Fsp3) is 0.417. The first-order chi connectivity index (χ1) is 15.8. The van der Waals surface area contributed by atoms with Crippen molar-refractivity contribution in [1.82, 2.24) is 4.90 Å². The number of carbonyl (C=O) groups is 2. The van der Waals surface area contributed by atoms with Crippen molar-refractivity contribution < 1.29 is 22.7 Å². The largest absolute Gasteiger partial charge is 0.494 e. The van der Waals surface area contributed by atoms with Crippen LogP contribution >= 0.6 is 0 Å². The van der Waals surface area contributed by atoms with E-state index in [4.69, 9.17) is 4.74 Å². The van der Waals surface area contributed by atoms with E-state index in [0.717, 1.165) is 36.2 Å². The number of rotatable bonds is 8. The first-order valence-corrected chi connectivity index (χ1v) is 13.0. The third kappa shape index (κ3) is 6.71. The van der Waals surface area contributed by atoms with E-state index in [-0.39, 0.29) is 5.91 Å². The Kier molecular flexibility index (Phi) is 8.32. The summed E-state index contributed by atoms with van der Waals surface area (Å²) in [4.78, 5) is 27.8. The van der Waals surface area contributed by atoms with Crippen LogP contribution in [0.25, 0.3) is 0 Å². The van der Waals surface area contributed by atoms with Crippen molar-refractivity contribution in [2.75, 3.05) is 42.1 Å². The molecule has 178 valence electrons. The maximum atomic E-state index is 13.1. The van der Waals surface area contributed by atoms with E-state index in [1.807, 2.05) is 11.8 Å². The second-order valence-electron chi connectivity index (χ2n) is 8.00. The summed E-state index contributed by atoms with van der Waals surface area (Å²) in [6.07, 6.45) is 5.19. The molecular weight excluding hydrogens is 442 g/mol. The fourth-order valence-corrected chi connectivity index (χ4v) is 4.67. The Labute approximate surface area is 195 Å². The molecule has 0 radical (unpaired) electrons. The number of hydrogen-bond acceptors (Lipinski definition) is 5. The Morgan fingerprint density at radius 1 is 1.00 bits per heavy atom. The van der Waals surface area contributed by atoms with E-state index >= 15 is 0 Å². The van der Waals surface area contributed by atoms with Gasteiger partial charge in [-0.25, -0.2) is 8.42 Å². The van der Waals surface area contributed by atoms with Gasteiger partial charge in [0.15, 0.2) is 0 Å². The second kappa shape index (κ2) is 11.2. The van der Waals surface area contributed by atoms with Crippen LogP contribution in [-0.4, -0.2) is 57.6 Å². The van der Waals surface area contributed by atoms with Gasteiger partial charge in [0.1, 0.15) is 12.3 Å². The molecule has 1 saturated heterocycles. The van der Waals surface area contributed by atoms with Crippen LogP contribution in [0.1, 0.15) is 43.0 Å². The number of para-hydroxylation sites is 1. The predicted molar refractivity (Wildman–Crippen MR) is 129 cm³/mol. The van der Waals surface area contributed by atoms with Crippen molar-refractivity contribution in [1.29, 1.82) is 0 Å². The zero-order valence-electron chi connectivity index (χ0n) is 19.1. The molecule has 2 aromatic carbocycles. The van der Waals surface area contributed by atoms with Crippen LogP contribution in [-0.2, 0) is 14.8 Å². The van der Waals surface area contributed by atoms with E-state index in [9.17, 15) is 18.0 Å². The zero-order valence-corrected chi connectivity index (χ0v) is 19.9. The number of amides is 2. The summed E-state index contributed by atoms with van der Waals surface area (Å²) in [5, 5.41) is 2.73. The number of likely N-dealkylation sites (tertiary alicyclic amines) is 1. The predicted octanol–water partition coefficient (Wildman–Crippen LogP) is 3.51. The van der Waals surface area contributed by atoms with Crippen LogP contribution in [0.15, 0.2) is 48.5 Å². The molecule has 0 atom stereocenters. The number of hydrogen-bond donors (Lipinski definition) is 1. The van der Waals surface area contributed by atoms with Gasteiger partial charge < -0.3 is 15.0 Å². The summed E-state index contributed by atoms with van der Waals surface area (Å²) in [6.45, 7) is 3.32. The molecule has 1 heterocycles. The van der Waals surface area contributed by atoms with E-state index in [0.29, 0.717) is 42.4 Å². The molecule has 2 amide bonds. The lowest BCUT2D eigenvalue weighted by atomic mass is 10.1. The molecule has 1 fully saturated rings. The molecule has 0 unspecified atom stereocenters. The van der Waals surface area contributed by atoms with E-state index in [2.05, 4.69) is 5.32 Å². The fourth-order valence-electron chi connectivity index (χ4n) is 3.82. The van der Waals surface area contributed by atoms with Crippen LogP contribution in [0.5, 0.6) is 5.75 Å². The monoisotopic (exact) mass is 473 g/mol. The summed E-state index contributed by atoms with van der Waals surface area (Å²) < 4.78 is 31.2. The number of ether oxygens (including phenoxy) is 1. The zero-order chi connectivity index (χ0) is 23.8. The number of anilines is 2. The van der Waals surface area contributed by atoms with Gasteiger partial charge in [0, 0.05) is 13.1 Å². The Morgan fingerprint density at radius 3 is 2.24 bits per heavy atom. The van der Waals surface area contributed by atoms with Crippen molar-refractivity contribution in [3.63, 3.8) is 0 Å². The van der Waals surface area contributed by atoms with Crippen LogP contribution in [0.2, 0.25) is 0 Å². The third-order valence-electron chi connectivity index (χ3n) is 5.45. The highest BCUT2D eigenvalue weighted by molar-refractivity contribution is 7.92. The number of nitrogens with one attached hydrogen (secondary N) is 1. The topological polar surface area (TPSA) is 96.0 Å². The number of sulfonamides is 1. The lowest BCUT2D eigenvalue weighted by Crippen LogP contribution is -2.38. The normalized spacial score (nSPS) is 14.3. The molecule has 1 aliphatic heterocycles. The third-order valence-corrected chi connectivity index (χ3v) is 6.59. The van der Waals surface area contributed by atoms with E-state index in [1.165, 1.54) is 0 Å². The van der Waals surface area contributed by atoms with Gasteiger partial charge in [-0.15, -0.1) is 0 Å². The second-order valence-corrected chi connectivity index (χ2v) is 9.90. The molecule has 0 aliphatic carbocycles. The van der Waals surface area contributed by atoms with Gasteiger partial charge in [0.25, 0.3) is 5.91 Å². The standard InChI is InChI=1S/C24H31N3O5S/c1-3-32-20-14-12-19(13-15-20)27(33(2,30)31)18-23(28)25-22-11-7-6-10-21(22)24(29)26-16-8-4-5-9-17-26/h6-7,10-15H,3-5,8-9,16-18H2,1-2H3,(H,25,28). The molecule has 1 N–H and O–H groups in total. The molecular formula is C24H31N3O5S. The maximum Gasteiger partial charge on any atom is 0.255 e. The summed E-state index contributed by atoms with van der Waals surface area (Å²) in [7, 11) is -3.72. The molecule has 8 nitrogen and oxygen atoms in total. The Morgan fingerprint density at radius 2 is 1.64 bits per heavy atom. The minimum absolute atomic E-state index is 0.126. The number of carbonyl (C=O) groups excluding carboxylic acids is 2. The molecule has 0 aromatic heterocycles. The van der Waals surface area contributed by atoms with Crippen LogP contribution in [0.3, 0.4) is 0 Å². The quantitative estimate of drug-likeness (QED) is 0.633. The van der Waals surface area contributed by atoms with Crippen molar-refractivity contribution in [2.45, 2.75) is 32.6 Å². The average Bonchev–Trinajstić information content (AvgIpc) is 3.07. The molecule has 1 aliphatic rings. The highest BCUT2D eigenvalue weighted by atomic mass is 32.2. The molecule has 3 rings (SSSR count). The SMILES string of the molecule is CCOc1ccc(N(CC(=O)Nc2ccccc2C(=O)N2CCCCCC2)S(C)(=O)=O)cc1. The molecule has 9 heteroatoms. The van der Waals surface area contributed by atoms with Gasteiger partial charge in [-0.2, -0.15) is 0 Å². The summed E-state index contributed by atoms with van der Waals surface area (Å²) >= 11 is 0. The van der Waals surface area contributed by atoms with Gasteiger partial charge in [-0.05, 0) is 56.2 Å². The molecule has 0 spiro atoms. The number of benzene rings is 2. The minimum atomic E-state index is -3.72. The van der Waals surface area contributed by atoms with Crippen LogP contribution < -0.4 is 14.4 Å². The molecule has 0 saturated carbocycles. The van der Waals surface area contributed by atoms with Crippen molar-refractivity contribution in [3.8, 4) is 5.75 Å². The summed E-state index contributed by atoms with van der Waals surface area (Å²) in [5.41, 5.74) is 1.13. The molecule has 0 bridgehead atoms. The average molecular weight is 474 g/mol. The summed E-state index contributed by atoms with van der Waals surface area (Å²) in [5.74, 6) is -0.0511. The van der Waals surface area contributed by atoms with Crippen LogP contribution in [0, 0.1) is 0 Å². The Bertz CT molecular complexity index is 1060. The van der Waals surface area contributed by atoms with Gasteiger partial charge in [0.2, 0.25) is 15.9 Å². The van der Waals surface area contributed by atoms with Crippen molar-refractivity contribution >= 4 is 33.2 Å². The van der Waals surface area contributed by atoms with E-state index in [1.54, 1.807) is 48.5 Å². The van der Waals surface area contributed by atoms with E-state index < -0.39 is 22.5 Å². The lowest BCUT2D eigenvalue weighted by molar-refractivity contribution is -0.114. The number of nitrogens with zero attached hydrogens (tertiary/aromatic N) is 2. The van der Waals surface area contributed by atoms with Crippen LogP contribution in [0.4, 0.5) is 11.4 Å². The minimum Gasteiger partial charge on any atom is -0.494 e. The molecule has 33 heavy (non-hydrogen) atoms. The van der Waals surface area contributed by atoms with Gasteiger partial charge >= 0.3 is 0 Å². The Hall–Kier alpha value is -3.07. The maximum absolute atomic E-state index is 13.1.